The van der Waals surface area contributed by atoms with Crippen molar-refractivity contribution in [1.29, 1.82) is 0 Å². The molecule has 0 aliphatic carbocycles. The van der Waals surface area contributed by atoms with Gasteiger partial charge in [-0.05, 0) is 35.0 Å². The number of rotatable bonds is 5. The lowest BCUT2D eigenvalue weighted by Gasteiger charge is -2.07. The largest absolute Gasteiger partial charge is 0.462 e. The lowest BCUT2D eigenvalue weighted by Crippen LogP contribution is -2.11. The molecule has 2 rings (SSSR count). The number of aryl methyl sites for hydroxylation is 1. The van der Waals surface area contributed by atoms with Crippen LogP contribution in [0.3, 0.4) is 0 Å². The fourth-order valence-corrected chi connectivity index (χ4v) is 2.90. The number of carbonyl (C=O) groups is 3. The van der Waals surface area contributed by atoms with Crippen LogP contribution in [0.25, 0.3) is 10.9 Å². The Morgan fingerprint density at radius 1 is 1.12 bits per heavy atom. The summed E-state index contributed by atoms with van der Waals surface area (Å²) in [6.07, 6.45) is 0. The van der Waals surface area contributed by atoms with Crippen LogP contribution in [0.1, 0.15) is 36.8 Å². The van der Waals surface area contributed by atoms with E-state index in [1.54, 1.807) is 30.7 Å². The van der Waals surface area contributed by atoms with Crippen LogP contribution in [0.15, 0.2) is 16.6 Å². The number of aromatic nitrogens is 1. The second kappa shape index (κ2) is 7.69. The van der Waals surface area contributed by atoms with E-state index in [2.05, 4.69) is 15.9 Å². The molecule has 0 N–H and O–H groups in total. The predicted octanol–water partition coefficient (Wildman–Crippen LogP) is 3.11. The van der Waals surface area contributed by atoms with E-state index < -0.39 is 17.9 Å². The van der Waals surface area contributed by atoms with Gasteiger partial charge in [0, 0.05) is 26.3 Å². The zero-order valence-electron chi connectivity index (χ0n) is 14.3. The van der Waals surface area contributed by atoms with Crippen LogP contribution in [0, 0.1) is 0 Å². The van der Waals surface area contributed by atoms with Crippen molar-refractivity contribution in [3.8, 4) is 5.75 Å². The normalized spacial score (nSPS) is 10.6. The van der Waals surface area contributed by atoms with Crippen LogP contribution in [0.2, 0.25) is 0 Å². The molecule has 0 aliphatic rings. The first-order chi connectivity index (χ1) is 11.8. The highest BCUT2D eigenvalue weighted by atomic mass is 79.9. The zero-order valence-corrected chi connectivity index (χ0v) is 15.9. The highest BCUT2D eigenvalue weighted by Gasteiger charge is 2.24. The van der Waals surface area contributed by atoms with Gasteiger partial charge in [0.15, 0.2) is 0 Å². The third-order valence-corrected chi connectivity index (χ3v) is 4.14. The molecule has 0 radical (unpaired) electrons. The quantitative estimate of drug-likeness (QED) is 0.555. The molecule has 1 heterocycles. The molecule has 0 atom stereocenters. The van der Waals surface area contributed by atoms with Crippen molar-refractivity contribution in [2.75, 3.05) is 6.61 Å². The molecule has 0 aliphatic heterocycles. The SMILES string of the molecule is CCOC(=O)c1c(COC(C)=O)n(C)c2cc(Br)c(OC(C)=O)cc12. The average Bonchev–Trinajstić information content (AvgIpc) is 2.77. The van der Waals surface area contributed by atoms with Gasteiger partial charge in [0.1, 0.15) is 12.4 Å². The van der Waals surface area contributed by atoms with Gasteiger partial charge in [-0.1, -0.05) is 0 Å². The Morgan fingerprint density at radius 3 is 2.36 bits per heavy atom. The monoisotopic (exact) mass is 411 g/mol. The van der Waals surface area contributed by atoms with Crippen LogP contribution >= 0.6 is 15.9 Å². The van der Waals surface area contributed by atoms with Crippen LogP contribution < -0.4 is 4.74 Å². The number of esters is 3. The van der Waals surface area contributed by atoms with Gasteiger partial charge in [-0.2, -0.15) is 0 Å². The summed E-state index contributed by atoms with van der Waals surface area (Å²) >= 11 is 3.35. The smallest absolute Gasteiger partial charge is 0.340 e. The van der Waals surface area contributed by atoms with Gasteiger partial charge < -0.3 is 18.8 Å². The summed E-state index contributed by atoms with van der Waals surface area (Å²) < 4.78 is 17.7. The van der Waals surface area contributed by atoms with Gasteiger partial charge in [0.05, 0.1) is 27.9 Å². The molecule has 134 valence electrons. The molecule has 25 heavy (non-hydrogen) atoms. The summed E-state index contributed by atoms with van der Waals surface area (Å²) in [5.74, 6) is -1.18. The highest BCUT2D eigenvalue weighted by Crippen LogP contribution is 2.35. The lowest BCUT2D eigenvalue weighted by atomic mass is 10.1. The van der Waals surface area contributed by atoms with E-state index in [9.17, 15) is 14.4 Å². The molecule has 0 bridgehead atoms. The standard InChI is InChI=1S/C17H18BrNO6/c1-5-23-17(22)16-11-6-15(25-10(3)21)12(18)7-13(11)19(4)14(16)8-24-9(2)20/h6-7H,5,8H2,1-4H3. The minimum atomic E-state index is -0.536. The predicted molar refractivity (Wildman–Crippen MR) is 93.4 cm³/mol. The maximum absolute atomic E-state index is 12.5. The van der Waals surface area contributed by atoms with E-state index in [-0.39, 0.29) is 24.5 Å². The van der Waals surface area contributed by atoms with Crippen molar-refractivity contribution in [2.24, 2.45) is 7.05 Å². The summed E-state index contributed by atoms with van der Waals surface area (Å²) in [6, 6.07) is 3.32. The number of fused-ring (bicyclic) bond motifs is 1. The number of nitrogens with zero attached hydrogens (tertiary/aromatic N) is 1. The topological polar surface area (TPSA) is 83.8 Å². The Morgan fingerprint density at radius 2 is 1.80 bits per heavy atom. The van der Waals surface area contributed by atoms with Crippen LogP contribution in [0.4, 0.5) is 0 Å². The molecule has 2 aromatic rings. The highest BCUT2D eigenvalue weighted by molar-refractivity contribution is 9.10. The molecular formula is C17H18BrNO6. The maximum atomic E-state index is 12.5. The van der Waals surface area contributed by atoms with Gasteiger partial charge in [0.25, 0.3) is 0 Å². The minimum absolute atomic E-state index is 0.0742. The third kappa shape index (κ3) is 4.01. The molecular weight excluding hydrogens is 394 g/mol. The summed E-state index contributed by atoms with van der Waals surface area (Å²) in [5.41, 5.74) is 1.48. The van der Waals surface area contributed by atoms with Gasteiger partial charge in [-0.25, -0.2) is 4.79 Å². The average molecular weight is 412 g/mol. The molecule has 0 unspecified atom stereocenters. The zero-order chi connectivity index (χ0) is 18.7. The van der Waals surface area contributed by atoms with Crippen molar-refractivity contribution >= 4 is 44.7 Å². The molecule has 0 saturated heterocycles. The lowest BCUT2D eigenvalue weighted by molar-refractivity contribution is -0.142. The van der Waals surface area contributed by atoms with Gasteiger partial charge in [-0.3, -0.25) is 9.59 Å². The van der Waals surface area contributed by atoms with E-state index in [0.29, 0.717) is 21.1 Å². The molecule has 8 heteroatoms. The summed E-state index contributed by atoms with van der Waals surface area (Å²) in [4.78, 5) is 34.9. The molecule has 0 saturated carbocycles. The van der Waals surface area contributed by atoms with E-state index in [1.807, 2.05) is 0 Å². The Kier molecular flexibility index (Phi) is 5.84. The number of hydrogen-bond donors (Lipinski definition) is 0. The number of halogens is 1. The molecule has 1 aromatic heterocycles. The number of ether oxygens (including phenoxy) is 3. The Balaban J connectivity index is 2.70. The number of carbonyl (C=O) groups excluding carboxylic acids is 3. The first-order valence-electron chi connectivity index (χ1n) is 7.55. The third-order valence-electron chi connectivity index (χ3n) is 3.52. The second-order valence-corrected chi connectivity index (χ2v) is 6.13. The van der Waals surface area contributed by atoms with Gasteiger partial charge in [0.2, 0.25) is 0 Å². The van der Waals surface area contributed by atoms with Crippen molar-refractivity contribution < 1.29 is 28.6 Å². The van der Waals surface area contributed by atoms with E-state index in [1.165, 1.54) is 13.8 Å². The van der Waals surface area contributed by atoms with E-state index >= 15 is 0 Å². The van der Waals surface area contributed by atoms with Crippen LogP contribution in [0.5, 0.6) is 5.75 Å². The number of benzene rings is 1. The van der Waals surface area contributed by atoms with Gasteiger partial charge >= 0.3 is 17.9 Å². The summed E-state index contributed by atoms with van der Waals surface area (Å²) in [6.45, 7) is 4.42. The van der Waals surface area contributed by atoms with Crippen molar-refractivity contribution in [2.45, 2.75) is 27.4 Å². The second-order valence-electron chi connectivity index (χ2n) is 5.27. The molecule has 0 amide bonds. The number of hydrogen-bond acceptors (Lipinski definition) is 6. The molecule has 0 spiro atoms. The van der Waals surface area contributed by atoms with Crippen molar-refractivity contribution in [3.63, 3.8) is 0 Å². The first-order valence-corrected chi connectivity index (χ1v) is 8.35. The van der Waals surface area contributed by atoms with Crippen molar-refractivity contribution in [1.82, 2.24) is 4.57 Å². The Hall–Kier alpha value is -2.35. The summed E-state index contributed by atoms with van der Waals surface area (Å²) in [7, 11) is 1.75. The molecule has 0 fully saturated rings. The molecule has 1 aromatic carbocycles. The van der Waals surface area contributed by atoms with Crippen molar-refractivity contribution in [3.05, 3.63) is 27.9 Å². The first kappa shape index (κ1) is 19.0. The summed E-state index contributed by atoms with van der Waals surface area (Å²) in [5, 5.41) is 0.544. The van der Waals surface area contributed by atoms with Crippen LogP contribution in [-0.2, 0) is 32.7 Å². The fourth-order valence-electron chi connectivity index (χ4n) is 2.49. The van der Waals surface area contributed by atoms with E-state index in [4.69, 9.17) is 14.2 Å². The Bertz CT molecular complexity index is 855. The fraction of sp³-hybridized carbons (Fsp3) is 0.353. The minimum Gasteiger partial charge on any atom is -0.462 e. The van der Waals surface area contributed by atoms with Crippen LogP contribution in [-0.4, -0.2) is 29.1 Å². The van der Waals surface area contributed by atoms with E-state index in [0.717, 1.165) is 0 Å². The Labute approximate surface area is 153 Å². The van der Waals surface area contributed by atoms with Gasteiger partial charge in [-0.15, -0.1) is 0 Å². The molecule has 7 nitrogen and oxygen atoms in total. The maximum Gasteiger partial charge on any atom is 0.340 e.